The molecule has 0 bridgehead atoms. The molecule has 0 aliphatic carbocycles. The van der Waals surface area contributed by atoms with E-state index in [9.17, 15) is 17.8 Å². The van der Waals surface area contributed by atoms with E-state index in [-0.39, 0.29) is 10.8 Å². The van der Waals surface area contributed by atoms with Crippen molar-refractivity contribution in [2.75, 3.05) is 5.32 Å². The highest BCUT2D eigenvalue weighted by molar-refractivity contribution is 7.85. The highest BCUT2D eigenvalue weighted by atomic mass is 127. The van der Waals surface area contributed by atoms with Gasteiger partial charge in [-0.2, -0.15) is 8.42 Å². The summed E-state index contributed by atoms with van der Waals surface area (Å²) in [5.74, 6) is -0.201. The molecular weight excluding hydrogens is 619 g/mol. The Hall–Kier alpha value is -3.12. The molecule has 0 unspecified atom stereocenters. The van der Waals surface area contributed by atoms with Crippen molar-refractivity contribution < 1.29 is 39.0 Å². The maximum absolute atomic E-state index is 13.0. The molecule has 6 nitrogen and oxygen atoms in total. The topological polar surface area (TPSA) is 96.4 Å². The maximum atomic E-state index is 13.0. The quantitative estimate of drug-likeness (QED) is 0.220. The molecule has 2 N–H and O–H groups in total. The number of nitrogens with one attached hydrogen (secondary N) is 1. The van der Waals surface area contributed by atoms with Gasteiger partial charge in [-0.25, -0.2) is 4.98 Å². The minimum atomic E-state index is -4.29. The molecule has 0 saturated carbocycles. The number of aromatic nitrogens is 1. The van der Waals surface area contributed by atoms with Gasteiger partial charge in [-0.3, -0.25) is 14.7 Å². The Balaban J connectivity index is 1.36. The van der Waals surface area contributed by atoms with E-state index in [2.05, 4.69) is 16.4 Å². The van der Waals surface area contributed by atoms with E-state index in [0.717, 1.165) is 39.6 Å². The molecule has 1 aromatic heterocycles. The number of benzene rings is 4. The van der Waals surface area contributed by atoms with E-state index < -0.39 is 31.3 Å². The first-order chi connectivity index (χ1) is 17.7. The van der Waals surface area contributed by atoms with Crippen LogP contribution in [0.4, 0.5) is 5.13 Å². The van der Waals surface area contributed by atoms with Crippen molar-refractivity contribution in [1.82, 2.24) is 4.98 Å². The molecule has 5 rings (SSSR count). The van der Waals surface area contributed by atoms with E-state index in [0.29, 0.717) is 10.7 Å². The van der Waals surface area contributed by atoms with Crippen molar-refractivity contribution in [3.05, 3.63) is 109 Å². The summed E-state index contributed by atoms with van der Waals surface area (Å²) in [7, 11) is -4.29. The second-order valence-electron chi connectivity index (χ2n) is 8.51. The van der Waals surface area contributed by atoms with Crippen molar-refractivity contribution in [2.45, 2.75) is 18.7 Å². The minimum Gasteiger partial charge on any atom is -0.298 e. The van der Waals surface area contributed by atoms with Gasteiger partial charge in [0.2, 0.25) is 0 Å². The third kappa shape index (κ3) is 5.90. The maximum Gasteiger partial charge on any atom is 0.357 e. The normalized spacial score (nSPS) is 11.5. The zero-order valence-corrected chi connectivity index (χ0v) is 23.7. The Morgan fingerprint density at radius 1 is 0.919 bits per heavy atom. The van der Waals surface area contributed by atoms with Gasteiger partial charge >= 0.3 is 21.2 Å². The Kier molecular flexibility index (Phi) is 7.13. The smallest absolute Gasteiger partial charge is 0.298 e. The zero-order valence-electron chi connectivity index (χ0n) is 19.9. The number of thiazole rings is 1. The average molecular weight is 642 g/mol. The summed E-state index contributed by atoms with van der Waals surface area (Å²) >= 11 is 0.850. The number of fused-ring (bicyclic) bond motifs is 1. The second kappa shape index (κ2) is 10.3. The summed E-state index contributed by atoms with van der Waals surface area (Å²) < 4.78 is 35.9. The first-order valence-electron chi connectivity index (χ1n) is 11.3. The first kappa shape index (κ1) is 25.5. The van der Waals surface area contributed by atoms with Crippen molar-refractivity contribution in [2.24, 2.45) is 0 Å². The van der Waals surface area contributed by atoms with Crippen molar-refractivity contribution in [3.63, 3.8) is 0 Å². The third-order valence-electron chi connectivity index (χ3n) is 5.71. The van der Waals surface area contributed by atoms with Crippen LogP contribution in [0.5, 0.6) is 0 Å². The van der Waals surface area contributed by atoms with Crippen LogP contribution in [0.1, 0.15) is 21.5 Å². The Bertz CT molecular complexity index is 1760. The van der Waals surface area contributed by atoms with Crippen LogP contribution in [0.25, 0.3) is 21.3 Å². The number of halogens is 1. The number of carbonyl (C=O) groups excluding carboxylic acids is 1. The number of anilines is 1. The van der Waals surface area contributed by atoms with Gasteiger partial charge in [0.15, 0.2) is 12.3 Å². The summed E-state index contributed by atoms with van der Waals surface area (Å²) in [6.07, 6.45) is 0. The van der Waals surface area contributed by atoms with Gasteiger partial charge in [-0.15, -0.1) is 0 Å². The van der Waals surface area contributed by atoms with E-state index in [1.807, 2.05) is 68.4 Å². The van der Waals surface area contributed by atoms with E-state index in [1.54, 1.807) is 12.1 Å². The number of rotatable bonds is 6. The number of nitrogens with zero attached hydrogens (tertiary/aromatic N) is 1. The molecule has 37 heavy (non-hydrogen) atoms. The van der Waals surface area contributed by atoms with Gasteiger partial charge in [0.05, 0.1) is 15.1 Å². The lowest BCUT2D eigenvalue weighted by Crippen LogP contribution is -3.61. The third-order valence-corrected chi connectivity index (χ3v) is 10.1. The van der Waals surface area contributed by atoms with E-state index >= 15 is 0 Å². The van der Waals surface area contributed by atoms with Crippen LogP contribution in [0.3, 0.4) is 0 Å². The number of aryl methyl sites for hydroxylation is 2. The predicted octanol–water partition coefficient (Wildman–Crippen LogP) is 3.21. The van der Waals surface area contributed by atoms with E-state index in [1.165, 1.54) is 23.5 Å². The zero-order chi connectivity index (χ0) is 26.2. The Labute approximate surface area is 229 Å². The first-order valence-corrected chi connectivity index (χ1v) is 15.7. The second-order valence-corrected chi connectivity index (χ2v) is 14.0. The van der Waals surface area contributed by atoms with Gasteiger partial charge in [0.1, 0.15) is 0 Å². The van der Waals surface area contributed by atoms with Gasteiger partial charge in [-0.05, 0) is 84.6 Å². The molecule has 186 valence electrons. The fourth-order valence-corrected chi connectivity index (χ4v) is 7.80. The van der Waals surface area contributed by atoms with Crippen molar-refractivity contribution in [3.8, 4) is 11.1 Å². The molecule has 1 amide bonds. The lowest BCUT2D eigenvalue weighted by atomic mass is 10.0. The minimum absolute atomic E-state index is 0.129. The molecule has 0 spiro atoms. The van der Waals surface area contributed by atoms with E-state index in [4.69, 9.17) is 0 Å². The monoisotopic (exact) mass is 641 g/mol. The Morgan fingerprint density at radius 3 is 2.46 bits per heavy atom. The molecule has 0 fully saturated rings. The molecule has 0 radical (unpaired) electrons. The molecule has 9 heteroatoms. The fourth-order valence-electron chi connectivity index (χ4n) is 3.86. The van der Waals surface area contributed by atoms with Crippen LogP contribution in [-0.4, -0.2) is 23.9 Å². The SMILES string of the molecule is Cc1ccc2nc(NC(=O)c3cccc([I+]c4cccc(-c5cc(S(=O)(=O)O)ccc5C)c4)c3)sc2c1. The van der Waals surface area contributed by atoms with Crippen LogP contribution in [0, 0.1) is 21.0 Å². The summed E-state index contributed by atoms with van der Waals surface area (Å²) in [5, 5.41) is 3.49. The number of hydrogen-bond acceptors (Lipinski definition) is 5. The standard InChI is InChI=1S/C28H21IN2O4S2/c1-17-9-12-25-26(13-17)36-28(30-25)31-27(32)20-6-4-8-22(15-20)29-21-7-3-5-19(14-21)24-16-23(37(33,34)35)11-10-18(24)2/h3-16H,1-2H3,(H-,30,31,32,33,34,35)/p+1. The lowest BCUT2D eigenvalue weighted by molar-refractivity contribution is -0.597. The van der Waals surface area contributed by atoms with Crippen LogP contribution in [-0.2, 0) is 10.1 Å². The van der Waals surface area contributed by atoms with Crippen molar-refractivity contribution >= 4 is 42.7 Å². The van der Waals surface area contributed by atoms with Crippen LogP contribution < -0.4 is 26.5 Å². The fraction of sp³-hybridized carbons (Fsp3) is 0.0714. The highest BCUT2D eigenvalue weighted by Crippen LogP contribution is 2.27. The molecule has 4 aromatic carbocycles. The summed E-state index contributed by atoms with van der Waals surface area (Å²) in [6, 6.07) is 26.1. The lowest BCUT2D eigenvalue weighted by Gasteiger charge is -2.07. The number of carbonyl (C=O) groups is 1. The van der Waals surface area contributed by atoms with Gasteiger partial charge in [0.25, 0.3) is 16.0 Å². The highest BCUT2D eigenvalue weighted by Gasteiger charge is 2.20. The largest absolute Gasteiger partial charge is 0.357 e. The van der Waals surface area contributed by atoms with Crippen LogP contribution >= 0.6 is 11.3 Å². The van der Waals surface area contributed by atoms with Gasteiger partial charge in [-0.1, -0.05) is 41.7 Å². The average Bonchev–Trinajstić information content (AvgIpc) is 3.25. The molecule has 0 atom stereocenters. The number of amides is 1. The van der Waals surface area contributed by atoms with Gasteiger partial charge < -0.3 is 0 Å². The van der Waals surface area contributed by atoms with Crippen LogP contribution in [0.15, 0.2) is 89.8 Å². The molecule has 0 aliphatic rings. The number of hydrogen-bond donors (Lipinski definition) is 2. The summed E-state index contributed by atoms with van der Waals surface area (Å²) in [4.78, 5) is 17.3. The van der Waals surface area contributed by atoms with Crippen molar-refractivity contribution in [1.29, 1.82) is 0 Å². The van der Waals surface area contributed by atoms with Crippen LogP contribution in [0.2, 0.25) is 0 Å². The Morgan fingerprint density at radius 2 is 1.68 bits per heavy atom. The summed E-state index contributed by atoms with van der Waals surface area (Å²) in [5.41, 5.74) is 5.12. The predicted molar refractivity (Wildman–Crippen MR) is 143 cm³/mol. The molecule has 0 saturated heterocycles. The molecule has 5 aromatic rings. The molecule has 0 aliphatic heterocycles. The molecular formula is C28H22IN2O4S2+. The molecule has 1 heterocycles. The summed E-state index contributed by atoms with van der Waals surface area (Å²) in [6.45, 7) is 3.93. The van der Waals surface area contributed by atoms with Gasteiger partial charge in [0, 0.05) is 11.6 Å².